The van der Waals surface area contributed by atoms with Gasteiger partial charge in [0, 0.05) is 25.0 Å². The molecule has 0 aliphatic rings. The molecule has 0 radical (unpaired) electrons. The Morgan fingerprint density at radius 2 is 2.05 bits per heavy atom. The van der Waals surface area contributed by atoms with E-state index in [1.54, 1.807) is 19.2 Å². The van der Waals surface area contributed by atoms with Crippen LogP contribution in [-0.2, 0) is 0 Å². The van der Waals surface area contributed by atoms with Crippen LogP contribution in [0, 0.1) is 0 Å². The number of anilines is 1. The lowest BCUT2D eigenvalue weighted by atomic mass is 10.1. The van der Waals surface area contributed by atoms with Crippen molar-refractivity contribution in [3.05, 3.63) is 54.1 Å². The van der Waals surface area contributed by atoms with Crippen LogP contribution in [-0.4, -0.2) is 27.9 Å². The van der Waals surface area contributed by atoms with Crippen LogP contribution in [0.1, 0.15) is 16.1 Å². The molecule has 2 rings (SSSR count). The quantitative estimate of drug-likeness (QED) is 0.855. The molecule has 2 N–H and O–H groups in total. The molecule has 1 aromatic heterocycles. The van der Waals surface area contributed by atoms with Gasteiger partial charge in [0.1, 0.15) is 10.7 Å². The average molecular weight is 272 g/mol. The number of hydrogen-bond acceptors (Lipinski definition) is 4. The van der Waals surface area contributed by atoms with E-state index in [1.807, 2.05) is 12.1 Å². The van der Waals surface area contributed by atoms with Crippen molar-refractivity contribution >= 4 is 28.8 Å². The van der Waals surface area contributed by atoms with E-state index >= 15 is 0 Å². The standard InChI is InChI=1S/C13H12N4OS/c1-17(13(18)10-8-15-6-7-16-10)11-5-3-2-4-9(11)12(14)19/h2-8H,1H3,(H2,14,19). The fourth-order valence-corrected chi connectivity index (χ4v) is 1.84. The van der Waals surface area contributed by atoms with Gasteiger partial charge in [-0.15, -0.1) is 0 Å². The van der Waals surface area contributed by atoms with Crippen LogP contribution in [0.2, 0.25) is 0 Å². The first kappa shape index (κ1) is 13.1. The van der Waals surface area contributed by atoms with Crippen molar-refractivity contribution in [3.8, 4) is 0 Å². The Bertz CT molecular complexity index is 615. The lowest BCUT2D eigenvalue weighted by Crippen LogP contribution is -2.29. The van der Waals surface area contributed by atoms with E-state index in [-0.39, 0.29) is 16.6 Å². The van der Waals surface area contributed by atoms with Crippen molar-refractivity contribution in [1.82, 2.24) is 9.97 Å². The van der Waals surface area contributed by atoms with Crippen molar-refractivity contribution in [2.24, 2.45) is 5.73 Å². The second-order valence-electron chi connectivity index (χ2n) is 3.84. The third-order valence-electron chi connectivity index (χ3n) is 2.62. The summed E-state index contributed by atoms with van der Waals surface area (Å²) < 4.78 is 0. The molecular formula is C13H12N4OS. The summed E-state index contributed by atoms with van der Waals surface area (Å²) in [6.45, 7) is 0. The largest absolute Gasteiger partial charge is 0.389 e. The molecule has 6 heteroatoms. The molecule has 0 atom stereocenters. The van der Waals surface area contributed by atoms with Crippen molar-refractivity contribution in [3.63, 3.8) is 0 Å². The molecule has 1 amide bonds. The Morgan fingerprint density at radius 3 is 2.68 bits per heavy atom. The zero-order chi connectivity index (χ0) is 13.8. The number of thiocarbonyl (C=S) groups is 1. The molecule has 0 aliphatic carbocycles. The molecule has 0 unspecified atom stereocenters. The van der Waals surface area contributed by atoms with Crippen LogP contribution >= 0.6 is 12.2 Å². The van der Waals surface area contributed by atoms with Crippen LogP contribution in [0.25, 0.3) is 0 Å². The second-order valence-corrected chi connectivity index (χ2v) is 4.28. The molecule has 1 aromatic carbocycles. The molecule has 96 valence electrons. The van der Waals surface area contributed by atoms with E-state index in [1.165, 1.54) is 23.5 Å². The summed E-state index contributed by atoms with van der Waals surface area (Å²) in [4.78, 5) is 21.8. The van der Waals surface area contributed by atoms with E-state index in [0.29, 0.717) is 11.3 Å². The Morgan fingerprint density at radius 1 is 1.32 bits per heavy atom. The van der Waals surface area contributed by atoms with Crippen LogP contribution in [0.15, 0.2) is 42.9 Å². The van der Waals surface area contributed by atoms with Gasteiger partial charge < -0.3 is 10.6 Å². The minimum absolute atomic E-state index is 0.245. The molecule has 0 spiro atoms. The normalized spacial score (nSPS) is 9.95. The minimum Gasteiger partial charge on any atom is -0.389 e. The van der Waals surface area contributed by atoms with Gasteiger partial charge in [-0.05, 0) is 12.1 Å². The SMILES string of the molecule is CN(C(=O)c1cnccn1)c1ccccc1C(N)=S. The zero-order valence-corrected chi connectivity index (χ0v) is 11.1. The molecular weight excluding hydrogens is 260 g/mol. The number of nitrogens with two attached hydrogens (primary N) is 1. The predicted octanol–water partition coefficient (Wildman–Crippen LogP) is 1.39. The molecule has 5 nitrogen and oxygen atoms in total. The number of hydrogen-bond donors (Lipinski definition) is 1. The summed E-state index contributed by atoms with van der Waals surface area (Å²) in [5.41, 5.74) is 7.22. The lowest BCUT2D eigenvalue weighted by molar-refractivity contribution is 0.0988. The molecule has 19 heavy (non-hydrogen) atoms. The maximum atomic E-state index is 12.3. The second kappa shape index (κ2) is 5.53. The van der Waals surface area contributed by atoms with Crippen molar-refractivity contribution in [2.45, 2.75) is 0 Å². The number of nitrogens with zero attached hydrogens (tertiary/aromatic N) is 3. The maximum absolute atomic E-state index is 12.3. The monoisotopic (exact) mass is 272 g/mol. The number of carbonyl (C=O) groups is 1. The lowest BCUT2D eigenvalue weighted by Gasteiger charge is -2.19. The third kappa shape index (κ3) is 2.74. The van der Waals surface area contributed by atoms with Crippen molar-refractivity contribution < 1.29 is 4.79 Å². The number of amides is 1. The van der Waals surface area contributed by atoms with Gasteiger partial charge in [-0.3, -0.25) is 9.78 Å². The predicted molar refractivity (Wildman–Crippen MR) is 77.1 cm³/mol. The van der Waals surface area contributed by atoms with Gasteiger partial charge in [0.15, 0.2) is 0 Å². The highest BCUT2D eigenvalue weighted by Gasteiger charge is 2.18. The number of rotatable bonds is 3. The van der Waals surface area contributed by atoms with Crippen LogP contribution in [0.5, 0.6) is 0 Å². The topological polar surface area (TPSA) is 72.1 Å². The molecule has 0 saturated carbocycles. The summed E-state index contributed by atoms with van der Waals surface area (Å²) in [6.07, 6.45) is 4.41. The van der Waals surface area contributed by atoms with Gasteiger partial charge in [-0.25, -0.2) is 4.98 Å². The van der Waals surface area contributed by atoms with Gasteiger partial charge in [0.25, 0.3) is 5.91 Å². The summed E-state index contributed by atoms with van der Waals surface area (Å²) in [7, 11) is 1.65. The molecule has 2 aromatic rings. The van der Waals surface area contributed by atoms with Gasteiger partial charge in [-0.2, -0.15) is 0 Å². The Balaban J connectivity index is 2.38. The average Bonchev–Trinajstić information content (AvgIpc) is 2.46. The number of para-hydroxylation sites is 1. The maximum Gasteiger partial charge on any atom is 0.278 e. The first-order valence-electron chi connectivity index (χ1n) is 5.54. The molecule has 0 saturated heterocycles. The van der Waals surface area contributed by atoms with Gasteiger partial charge in [0.05, 0.1) is 11.9 Å². The van der Waals surface area contributed by atoms with Crippen LogP contribution in [0.4, 0.5) is 5.69 Å². The summed E-state index contributed by atoms with van der Waals surface area (Å²) in [6, 6.07) is 7.19. The highest BCUT2D eigenvalue weighted by atomic mass is 32.1. The van der Waals surface area contributed by atoms with Crippen LogP contribution in [0.3, 0.4) is 0 Å². The van der Waals surface area contributed by atoms with Crippen LogP contribution < -0.4 is 10.6 Å². The smallest absolute Gasteiger partial charge is 0.278 e. The summed E-state index contributed by atoms with van der Waals surface area (Å²) in [5, 5.41) is 0. The first-order chi connectivity index (χ1) is 9.11. The van der Waals surface area contributed by atoms with E-state index in [2.05, 4.69) is 9.97 Å². The molecule has 0 bridgehead atoms. The number of aromatic nitrogens is 2. The molecule has 0 aliphatic heterocycles. The van der Waals surface area contributed by atoms with E-state index in [0.717, 1.165) is 0 Å². The van der Waals surface area contributed by atoms with E-state index in [9.17, 15) is 4.79 Å². The zero-order valence-electron chi connectivity index (χ0n) is 10.3. The highest BCUT2D eigenvalue weighted by molar-refractivity contribution is 7.80. The fraction of sp³-hybridized carbons (Fsp3) is 0.0769. The Hall–Kier alpha value is -2.34. The fourth-order valence-electron chi connectivity index (χ4n) is 1.67. The number of benzene rings is 1. The third-order valence-corrected chi connectivity index (χ3v) is 2.84. The minimum atomic E-state index is -0.267. The first-order valence-corrected chi connectivity index (χ1v) is 5.95. The molecule has 0 fully saturated rings. The Kier molecular flexibility index (Phi) is 3.82. The van der Waals surface area contributed by atoms with Gasteiger partial charge in [-0.1, -0.05) is 24.4 Å². The van der Waals surface area contributed by atoms with E-state index in [4.69, 9.17) is 18.0 Å². The van der Waals surface area contributed by atoms with Crippen molar-refractivity contribution in [2.75, 3.05) is 11.9 Å². The van der Waals surface area contributed by atoms with Gasteiger partial charge >= 0.3 is 0 Å². The van der Waals surface area contributed by atoms with E-state index < -0.39 is 0 Å². The summed E-state index contributed by atoms with van der Waals surface area (Å²) >= 11 is 4.98. The Labute approximate surface area is 116 Å². The van der Waals surface area contributed by atoms with Crippen molar-refractivity contribution in [1.29, 1.82) is 0 Å². The highest BCUT2D eigenvalue weighted by Crippen LogP contribution is 2.20. The van der Waals surface area contributed by atoms with Gasteiger partial charge in [0.2, 0.25) is 0 Å². The summed E-state index contributed by atoms with van der Waals surface area (Å²) in [5.74, 6) is -0.267. The number of carbonyl (C=O) groups excluding carboxylic acids is 1. The molecule has 1 heterocycles.